The lowest BCUT2D eigenvalue weighted by Gasteiger charge is -2.44. The molecule has 1 heterocycles. The van der Waals surface area contributed by atoms with Crippen LogP contribution in [0.4, 0.5) is 0 Å². The lowest BCUT2D eigenvalue weighted by Crippen LogP contribution is -2.66. The van der Waals surface area contributed by atoms with Crippen molar-refractivity contribution in [1.29, 1.82) is 0 Å². The first kappa shape index (κ1) is 16.2. The molecule has 19 heavy (non-hydrogen) atoms. The number of aliphatic hydroxyl groups is 4. The van der Waals surface area contributed by atoms with Crippen molar-refractivity contribution in [2.45, 2.75) is 42.7 Å². The third kappa shape index (κ3) is 3.03. The van der Waals surface area contributed by atoms with E-state index in [0.29, 0.717) is 0 Å². The summed E-state index contributed by atoms with van der Waals surface area (Å²) in [4.78, 5) is 11.2. The second kappa shape index (κ2) is 6.09. The molecule has 0 aromatic heterocycles. The number of rotatable bonds is 5. The van der Waals surface area contributed by atoms with Gasteiger partial charge in [0, 0.05) is 13.5 Å². The maximum Gasteiger partial charge on any atom is 0.364 e. The van der Waals surface area contributed by atoms with Crippen LogP contribution < -0.4 is 5.73 Å². The Bertz CT molecular complexity index is 327. The average molecular weight is 281 g/mol. The SMILES string of the molecule is CO[C@]1(C(=O)O)C[C@H](O)[C@@H](N)C([C@H](O)[C@H](O)CO)O1. The van der Waals surface area contributed by atoms with Gasteiger partial charge < -0.3 is 40.7 Å². The van der Waals surface area contributed by atoms with Gasteiger partial charge in [-0.05, 0) is 0 Å². The quantitative estimate of drug-likeness (QED) is 0.301. The maximum atomic E-state index is 11.2. The molecule has 9 heteroatoms. The predicted molar refractivity (Wildman–Crippen MR) is 59.9 cm³/mol. The third-order valence-electron chi connectivity index (χ3n) is 3.20. The first-order chi connectivity index (χ1) is 8.79. The van der Waals surface area contributed by atoms with Gasteiger partial charge in [-0.1, -0.05) is 0 Å². The van der Waals surface area contributed by atoms with Gasteiger partial charge in [0.2, 0.25) is 0 Å². The van der Waals surface area contributed by atoms with E-state index in [4.69, 9.17) is 25.4 Å². The molecular weight excluding hydrogens is 262 g/mol. The number of carboxylic acid groups (broad SMARTS) is 1. The second-order valence-electron chi connectivity index (χ2n) is 4.43. The van der Waals surface area contributed by atoms with E-state index in [1.54, 1.807) is 0 Å². The van der Waals surface area contributed by atoms with Crippen LogP contribution in [0.2, 0.25) is 0 Å². The molecule has 0 aliphatic carbocycles. The predicted octanol–water partition coefficient (Wildman–Crippen LogP) is -3.40. The van der Waals surface area contributed by atoms with Gasteiger partial charge in [0.25, 0.3) is 5.79 Å². The topological polar surface area (TPSA) is 163 Å². The van der Waals surface area contributed by atoms with E-state index in [1.807, 2.05) is 0 Å². The van der Waals surface area contributed by atoms with Crippen LogP contribution in [0, 0.1) is 0 Å². The number of hydrogen-bond donors (Lipinski definition) is 6. The van der Waals surface area contributed by atoms with Crippen molar-refractivity contribution in [3.05, 3.63) is 0 Å². The molecule has 0 aromatic rings. The Morgan fingerprint density at radius 3 is 2.58 bits per heavy atom. The van der Waals surface area contributed by atoms with Crippen LogP contribution >= 0.6 is 0 Å². The summed E-state index contributed by atoms with van der Waals surface area (Å²) in [6, 6.07) is -1.13. The van der Waals surface area contributed by atoms with Crippen molar-refractivity contribution >= 4 is 5.97 Å². The van der Waals surface area contributed by atoms with Crippen LogP contribution in [0.15, 0.2) is 0 Å². The van der Waals surface area contributed by atoms with Crippen LogP contribution in [0.5, 0.6) is 0 Å². The number of methoxy groups -OCH3 is 1. The zero-order chi connectivity index (χ0) is 14.8. The maximum absolute atomic E-state index is 11.2. The van der Waals surface area contributed by atoms with Gasteiger partial charge in [0.15, 0.2) is 0 Å². The molecule has 6 atom stereocenters. The highest BCUT2D eigenvalue weighted by Crippen LogP contribution is 2.31. The molecule has 9 nitrogen and oxygen atoms in total. The van der Waals surface area contributed by atoms with Crippen LogP contribution in [0.3, 0.4) is 0 Å². The van der Waals surface area contributed by atoms with Crippen molar-refractivity contribution in [2.24, 2.45) is 5.73 Å². The van der Waals surface area contributed by atoms with Gasteiger partial charge in [0.05, 0.1) is 18.8 Å². The fourth-order valence-electron chi connectivity index (χ4n) is 1.96. The summed E-state index contributed by atoms with van der Waals surface area (Å²) >= 11 is 0. The van der Waals surface area contributed by atoms with Gasteiger partial charge >= 0.3 is 5.97 Å². The van der Waals surface area contributed by atoms with Gasteiger partial charge in [-0.3, -0.25) is 0 Å². The summed E-state index contributed by atoms with van der Waals surface area (Å²) in [6.07, 6.45) is -6.37. The summed E-state index contributed by atoms with van der Waals surface area (Å²) in [7, 11) is 1.07. The number of carbonyl (C=O) groups is 1. The minimum absolute atomic E-state index is 0.418. The Morgan fingerprint density at radius 2 is 2.16 bits per heavy atom. The minimum Gasteiger partial charge on any atom is -0.477 e. The molecule has 1 saturated heterocycles. The third-order valence-corrected chi connectivity index (χ3v) is 3.20. The number of aliphatic hydroxyl groups excluding tert-OH is 4. The number of ether oxygens (including phenoxy) is 2. The van der Waals surface area contributed by atoms with Crippen molar-refractivity contribution in [3.8, 4) is 0 Å². The molecule has 0 aromatic carbocycles. The Labute approximate surface area is 109 Å². The average Bonchev–Trinajstić information content (AvgIpc) is 2.39. The molecule has 1 unspecified atom stereocenters. The van der Waals surface area contributed by atoms with Crippen LogP contribution in [-0.2, 0) is 14.3 Å². The normalized spacial score (nSPS) is 38.7. The number of hydrogen-bond acceptors (Lipinski definition) is 8. The summed E-state index contributed by atoms with van der Waals surface area (Å²) in [6.45, 7) is -0.767. The molecule has 1 aliphatic rings. The number of carboxylic acids is 1. The van der Waals surface area contributed by atoms with Crippen molar-refractivity contribution in [2.75, 3.05) is 13.7 Å². The van der Waals surface area contributed by atoms with Crippen molar-refractivity contribution in [1.82, 2.24) is 0 Å². The fraction of sp³-hybridized carbons (Fsp3) is 0.900. The van der Waals surface area contributed by atoms with E-state index >= 15 is 0 Å². The van der Waals surface area contributed by atoms with Crippen LogP contribution in [0.25, 0.3) is 0 Å². The molecule has 0 radical (unpaired) electrons. The Hall–Kier alpha value is -0.810. The highest BCUT2D eigenvalue weighted by molar-refractivity contribution is 5.76. The van der Waals surface area contributed by atoms with E-state index < -0.39 is 55.2 Å². The molecule has 1 aliphatic heterocycles. The Kier molecular flexibility index (Phi) is 5.21. The van der Waals surface area contributed by atoms with E-state index in [2.05, 4.69) is 0 Å². The monoisotopic (exact) mass is 281 g/mol. The molecule has 1 rings (SSSR count). The van der Waals surface area contributed by atoms with E-state index in [0.717, 1.165) is 7.11 Å². The highest BCUT2D eigenvalue weighted by atomic mass is 16.7. The number of nitrogens with two attached hydrogens (primary N) is 1. The molecule has 112 valence electrons. The van der Waals surface area contributed by atoms with Crippen LogP contribution in [-0.4, -0.2) is 81.5 Å². The molecule has 0 saturated carbocycles. The van der Waals surface area contributed by atoms with E-state index in [-0.39, 0.29) is 0 Å². The van der Waals surface area contributed by atoms with Gasteiger partial charge in [-0.15, -0.1) is 0 Å². The van der Waals surface area contributed by atoms with E-state index in [1.165, 1.54) is 0 Å². The molecule has 0 spiro atoms. The first-order valence-electron chi connectivity index (χ1n) is 5.66. The highest BCUT2D eigenvalue weighted by Gasteiger charge is 2.53. The molecular formula is C10H19NO8. The largest absolute Gasteiger partial charge is 0.477 e. The van der Waals surface area contributed by atoms with Crippen LogP contribution in [0.1, 0.15) is 6.42 Å². The molecule has 0 amide bonds. The lowest BCUT2D eigenvalue weighted by molar-refractivity contribution is -0.301. The zero-order valence-corrected chi connectivity index (χ0v) is 10.3. The Morgan fingerprint density at radius 1 is 1.58 bits per heavy atom. The van der Waals surface area contributed by atoms with Crippen molar-refractivity contribution < 1.29 is 39.8 Å². The molecule has 7 N–H and O–H groups in total. The smallest absolute Gasteiger partial charge is 0.364 e. The summed E-state index contributed by atoms with van der Waals surface area (Å²) < 4.78 is 9.88. The van der Waals surface area contributed by atoms with Gasteiger partial charge in [-0.2, -0.15) is 0 Å². The van der Waals surface area contributed by atoms with Gasteiger partial charge in [-0.25, -0.2) is 4.79 Å². The van der Waals surface area contributed by atoms with Gasteiger partial charge in [0.1, 0.15) is 18.3 Å². The summed E-state index contributed by atoms with van der Waals surface area (Å²) in [5.74, 6) is -3.65. The van der Waals surface area contributed by atoms with E-state index in [9.17, 15) is 20.1 Å². The second-order valence-corrected chi connectivity index (χ2v) is 4.43. The lowest BCUT2D eigenvalue weighted by atomic mass is 9.89. The fourth-order valence-corrected chi connectivity index (χ4v) is 1.96. The summed E-state index contributed by atoms with van der Waals surface area (Å²) in [5.41, 5.74) is 5.62. The minimum atomic E-state index is -2.16. The van der Waals surface area contributed by atoms with Crippen molar-refractivity contribution in [3.63, 3.8) is 0 Å². The first-order valence-corrected chi connectivity index (χ1v) is 5.66. The Balaban J connectivity index is 2.99. The molecule has 1 fully saturated rings. The summed E-state index contributed by atoms with van der Waals surface area (Å²) in [5, 5.41) is 46.7. The molecule has 0 bridgehead atoms. The standard InChI is InChI=1S/C10H19NO8/c1-18-10(9(16)17)2-4(13)6(11)8(19-10)7(15)5(14)3-12/h4-8,12-15H,2-3,11H2,1H3,(H,16,17)/t4-,5+,6+,7+,8?,10+/m0/s1. The number of aliphatic carboxylic acids is 1. The zero-order valence-electron chi connectivity index (χ0n) is 10.3.